The molecule has 0 atom stereocenters. The molecule has 0 aliphatic heterocycles. The third-order valence-electron chi connectivity index (χ3n) is 3.16. The number of halogens is 1. The van der Waals surface area contributed by atoms with Gasteiger partial charge in [0.15, 0.2) is 0 Å². The predicted molar refractivity (Wildman–Crippen MR) is 83.4 cm³/mol. The Hall–Kier alpha value is -2.26. The highest BCUT2D eigenvalue weighted by Crippen LogP contribution is 2.24. The SMILES string of the molecule is O=C(O)/C(O)=C(\CCc1cccc(Cl)c1)c1ccccc1. The van der Waals surface area contributed by atoms with Crippen LogP contribution >= 0.6 is 11.6 Å². The molecule has 2 aromatic carbocycles. The van der Waals surface area contributed by atoms with E-state index in [9.17, 15) is 9.90 Å². The minimum absolute atomic E-state index is 0.419. The van der Waals surface area contributed by atoms with Gasteiger partial charge in [0.05, 0.1) is 0 Å². The lowest BCUT2D eigenvalue weighted by molar-refractivity contribution is -0.135. The molecule has 0 aromatic heterocycles. The first kappa shape index (κ1) is 15.1. The number of carbonyl (C=O) groups is 1. The van der Waals surface area contributed by atoms with Crippen molar-refractivity contribution in [3.05, 3.63) is 76.5 Å². The van der Waals surface area contributed by atoms with Crippen molar-refractivity contribution in [1.82, 2.24) is 0 Å². The number of carboxylic acids is 1. The quantitative estimate of drug-likeness (QED) is 0.638. The van der Waals surface area contributed by atoms with Crippen LogP contribution in [0.5, 0.6) is 0 Å². The molecular weight excluding hydrogens is 288 g/mol. The second-order valence-electron chi connectivity index (χ2n) is 4.63. The summed E-state index contributed by atoms with van der Waals surface area (Å²) in [5.41, 5.74) is 2.12. The minimum Gasteiger partial charge on any atom is -0.502 e. The van der Waals surface area contributed by atoms with E-state index in [1.807, 2.05) is 36.4 Å². The summed E-state index contributed by atoms with van der Waals surface area (Å²) >= 11 is 5.93. The van der Waals surface area contributed by atoms with E-state index < -0.39 is 11.7 Å². The maximum atomic E-state index is 11.1. The zero-order valence-electron chi connectivity index (χ0n) is 11.3. The first-order valence-corrected chi connectivity index (χ1v) is 6.91. The number of allylic oxidation sites excluding steroid dienone is 1. The van der Waals surface area contributed by atoms with Crippen molar-refractivity contribution in [2.75, 3.05) is 0 Å². The summed E-state index contributed by atoms with van der Waals surface area (Å²) in [6.45, 7) is 0. The summed E-state index contributed by atoms with van der Waals surface area (Å²) in [6, 6.07) is 16.4. The molecule has 108 valence electrons. The molecule has 0 aliphatic carbocycles. The van der Waals surface area contributed by atoms with Gasteiger partial charge < -0.3 is 10.2 Å². The molecule has 4 heteroatoms. The molecule has 0 saturated carbocycles. The molecule has 0 spiro atoms. The molecule has 0 heterocycles. The number of aliphatic carboxylic acids is 1. The highest BCUT2D eigenvalue weighted by molar-refractivity contribution is 6.30. The minimum atomic E-state index is -1.32. The number of aliphatic hydroxyl groups excluding tert-OH is 1. The molecule has 0 bridgehead atoms. The highest BCUT2D eigenvalue weighted by Gasteiger charge is 2.14. The van der Waals surface area contributed by atoms with Crippen LogP contribution in [0.1, 0.15) is 17.5 Å². The van der Waals surface area contributed by atoms with Crippen molar-refractivity contribution in [3.8, 4) is 0 Å². The van der Waals surface area contributed by atoms with Gasteiger partial charge in [0.2, 0.25) is 5.76 Å². The smallest absolute Gasteiger partial charge is 0.371 e. The van der Waals surface area contributed by atoms with Crippen LogP contribution in [-0.4, -0.2) is 16.2 Å². The lowest BCUT2D eigenvalue weighted by Gasteiger charge is -2.09. The van der Waals surface area contributed by atoms with Crippen LogP contribution in [0.3, 0.4) is 0 Å². The van der Waals surface area contributed by atoms with E-state index in [-0.39, 0.29) is 0 Å². The summed E-state index contributed by atoms with van der Waals surface area (Å²) in [6.07, 6.45) is 1.02. The van der Waals surface area contributed by atoms with Gasteiger partial charge in [-0.1, -0.05) is 54.1 Å². The zero-order chi connectivity index (χ0) is 15.2. The number of aryl methyl sites for hydroxylation is 1. The summed E-state index contributed by atoms with van der Waals surface area (Å²) in [5.74, 6) is -1.93. The van der Waals surface area contributed by atoms with E-state index >= 15 is 0 Å². The van der Waals surface area contributed by atoms with Crippen LogP contribution < -0.4 is 0 Å². The maximum Gasteiger partial charge on any atom is 0.371 e. The Morgan fingerprint density at radius 3 is 2.33 bits per heavy atom. The van der Waals surface area contributed by atoms with Gasteiger partial charge >= 0.3 is 5.97 Å². The fourth-order valence-electron chi connectivity index (χ4n) is 2.13. The standard InChI is InChI=1S/C17H15ClO3/c18-14-8-4-5-12(11-14)9-10-15(16(19)17(20)21)13-6-2-1-3-7-13/h1-8,11,19H,9-10H2,(H,20,21)/b16-15-. The molecular formula is C17H15ClO3. The van der Waals surface area contributed by atoms with Crippen LogP contribution in [0, 0.1) is 0 Å². The Morgan fingerprint density at radius 1 is 1.00 bits per heavy atom. The summed E-state index contributed by atoms with van der Waals surface area (Å²) in [4.78, 5) is 11.1. The molecule has 2 N–H and O–H groups in total. The van der Waals surface area contributed by atoms with E-state index in [1.165, 1.54) is 0 Å². The zero-order valence-corrected chi connectivity index (χ0v) is 12.0. The van der Waals surface area contributed by atoms with E-state index in [0.717, 1.165) is 5.56 Å². The van der Waals surface area contributed by atoms with Crippen molar-refractivity contribution in [1.29, 1.82) is 0 Å². The highest BCUT2D eigenvalue weighted by atomic mass is 35.5. The van der Waals surface area contributed by atoms with Crippen LogP contribution in [0.4, 0.5) is 0 Å². The average Bonchev–Trinajstić information content (AvgIpc) is 2.48. The molecule has 21 heavy (non-hydrogen) atoms. The second kappa shape index (κ2) is 6.95. The molecule has 3 nitrogen and oxygen atoms in total. The third kappa shape index (κ3) is 4.10. The van der Waals surface area contributed by atoms with Crippen LogP contribution in [-0.2, 0) is 11.2 Å². The first-order valence-electron chi connectivity index (χ1n) is 6.53. The Balaban J connectivity index is 2.26. The van der Waals surface area contributed by atoms with Gasteiger partial charge in [0.25, 0.3) is 0 Å². The fraction of sp³-hybridized carbons (Fsp3) is 0.118. The lowest BCUT2D eigenvalue weighted by Crippen LogP contribution is -2.04. The molecule has 2 rings (SSSR count). The van der Waals surface area contributed by atoms with Gasteiger partial charge in [0, 0.05) is 10.6 Å². The molecule has 2 aromatic rings. The van der Waals surface area contributed by atoms with E-state index in [0.29, 0.717) is 29.0 Å². The van der Waals surface area contributed by atoms with Crippen molar-refractivity contribution in [3.63, 3.8) is 0 Å². The van der Waals surface area contributed by atoms with Crippen molar-refractivity contribution >= 4 is 23.1 Å². The summed E-state index contributed by atoms with van der Waals surface area (Å²) in [5, 5.41) is 19.5. The Bertz CT molecular complexity index is 663. The van der Waals surface area contributed by atoms with Gasteiger partial charge in [-0.2, -0.15) is 0 Å². The summed E-state index contributed by atoms with van der Waals surface area (Å²) in [7, 11) is 0. The normalized spacial score (nSPS) is 11.9. The van der Waals surface area contributed by atoms with Gasteiger partial charge in [0.1, 0.15) is 0 Å². The predicted octanol–water partition coefficient (Wildman–Crippen LogP) is 4.33. The molecule has 0 aliphatic rings. The van der Waals surface area contributed by atoms with Gasteiger partial charge in [-0.05, 0) is 36.1 Å². The number of rotatable bonds is 5. The Morgan fingerprint density at radius 2 is 1.71 bits per heavy atom. The summed E-state index contributed by atoms with van der Waals surface area (Å²) < 4.78 is 0. The van der Waals surface area contributed by atoms with Gasteiger partial charge in [-0.15, -0.1) is 0 Å². The van der Waals surface area contributed by atoms with E-state index in [1.54, 1.807) is 18.2 Å². The number of carboxylic acid groups (broad SMARTS) is 1. The Kier molecular flexibility index (Phi) is 5.01. The largest absolute Gasteiger partial charge is 0.502 e. The number of hydrogen-bond acceptors (Lipinski definition) is 2. The monoisotopic (exact) mass is 302 g/mol. The van der Waals surface area contributed by atoms with Crippen LogP contribution in [0.15, 0.2) is 60.4 Å². The van der Waals surface area contributed by atoms with Crippen LogP contribution in [0.2, 0.25) is 5.02 Å². The Labute approximate surface area is 128 Å². The van der Waals surface area contributed by atoms with Crippen molar-refractivity contribution in [2.24, 2.45) is 0 Å². The average molecular weight is 303 g/mol. The molecule has 0 fully saturated rings. The molecule has 0 saturated heterocycles. The van der Waals surface area contributed by atoms with Crippen molar-refractivity contribution in [2.45, 2.75) is 12.8 Å². The lowest BCUT2D eigenvalue weighted by atomic mass is 9.97. The number of hydrogen-bond donors (Lipinski definition) is 2. The molecule has 0 amide bonds. The fourth-order valence-corrected chi connectivity index (χ4v) is 2.34. The van der Waals surface area contributed by atoms with E-state index in [4.69, 9.17) is 16.7 Å². The van der Waals surface area contributed by atoms with E-state index in [2.05, 4.69) is 0 Å². The van der Waals surface area contributed by atoms with Gasteiger partial charge in [-0.25, -0.2) is 4.79 Å². The topological polar surface area (TPSA) is 57.5 Å². The number of benzene rings is 2. The first-order chi connectivity index (χ1) is 10.1. The van der Waals surface area contributed by atoms with Crippen LogP contribution in [0.25, 0.3) is 5.57 Å². The second-order valence-corrected chi connectivity index (χ2v) is 5.06. The third-order valence-corrected chi connectivity index (χ3v) is 3.40. The maximum absolute atomic E-state index is 11.1. The molecule has 0 radical (unpaired) electrons. The van der Waals surface area contributed by atoms with Crippen molar-refractivity contribution < 1.29 is 15.0 Å². The molecule has 0 unspecified atom stereocenters. The van der Waals surface area contributed by atoms with Gasteiger partial charge in [-0.3, -0.25) is 0 Å². The number of aliphatic hydroxyl groups is 1.